The first-order valence-electron chi connectivity index (χ1n) is 15.7. The number of hydrogen-bond donors (Lipinski definition) is 0. The maximum absolute atomic E-state index is 15.4. The zero-order chi connectivity index (χ0) is 30.4. The molecule has 1 aliphatic carbocycles. The molecule has 1 radical (unpaired) electrons. The van der Waals surface area contributed by atoms with Gasteiger partial charge >= 0.3 is 0 Å². The summed E-state index contributed by atoms with van der Waals surface area (Å²) in [5.74, 6) is -11.7. The normalized spacial score (nSPS) is 16.5. The number of benzene rings is 2. The highest BCUT2D eigenvalue weighted by Gasteiger charge is 2.49. The van der Waals surface area contributed by atoms with Crippen molar-refractivity contribution in [2.75, 3.05) is 0 Å². The van der Waals surface area contributed by atoms with Gasteiger partial charge in [-0.2, -0.15) is 4.39 Å². The SMILES string of the molecule is CC[Si](C)(CC)CCCCCCCC[Si](Oc1c(F)c(F)c(F)c2[c]c(F)c(F)c(F)c12)(C(C)C)C1CCCCC1. The molecule has 231 valence electrons. The molecule has 1 nitrogen and oxygen atoms in total. The van der Waals surface area contributed by atoms with E-state index in [2.05, 4.69) is 20.4 Å². The van der Waals surface area contributed by atoms with Crippen molar-refractivity contribution in [3.05, 3.63) is 41.0 Å². The third-order valence-electron chi connectivity index (χ3n) is 9.99. The Hall–Kier alpha value is -1.49. The molecule has 1 aliphatic rings. The van der Waals surface area contributed by atoms with Crippen molar-refractivity contribution in [3.8, 4) is 5.75 Å². The fraction of sp³-hybridized carbons (Fsp3) is 0.688. The Bertz CT molecular complexity index is 1160. The van der Waals surface area contributed by atoms with Gasteiger partial charge in [0, 0.05) is 19.5 Å². The van der Waals surface area contributed by atoms with Gasteiger partial charge < -0.3 is 4.43 Å². The van der Waals surface area contributed by atoms with E-state index in [1.165, 1.54) is 31.0 Å². The summed E-state index contributed by atoms with van der Waals surface area (Å²) >= 11 is 0. The molecule has 0 amide bonds. The molecule has 2 aromatic carbocycles. The van der Waals surface area contributed by atoms with Crippen molar-refractivity contribution < 1.29 is 30.8 Å². The molecule has 0 aromatic heterocycles. The van der Waals surface area contributed by atoms with Crippen LogP contribution in [0.3, 0.4) is 0 Å². The molecule has 2 aromatic rings. The van der Waals surface area contributed by atoms with Crippen LogP contribution in [0.5, 0.6) is 5.75 Å². The van der Waals surface area contributed by atoms with Gasteiger partial charge in [0.1, 0.15) is 0 Å². The van der Waals surface area contributed by atoms with E-state index in [9.17, 15) is 17.6 Å². The molecule has 0 aliphatic heterocycles. The van der Waals surface area contributed by atoms with E-state index < -0.39 is 67.8 Å². The van der Waals surface area contributed by atoms with Crippen molar-refractivity contribution in [3.63, 3.8) is 0 Å². The quantitative estimate of drug-likeness (QED) is 0.0836. The van der Waals surface area contributed by atoms with Crippen LogP contribution in [-0.2, 0) is 0 Å². The molecule has 1 atom stereocenters. The Morgan fingerprint density at radius 1 is 0.732 bits per heavy atom. The van der Waals surface area contributed by atoms with Crippen molar-refractivity contribution in [1.82, 2.24) is 0 Å². The zero-order valence-corrected chi connectivity index (χ0v) is 27.4. The van der Waals surface area contributed by atoms with E-state index in [0.717, 1.165) is 57.8 Å². The van der Waals surface area contributed by atoms with Crippen LogP contribution in [0.1, 0.15) is 98.3 Å². The highest BCUT2D eigenvalue weighted by Crippen LogP contribution is 2.49. The average Bonchev–Trinajstić information content (AvgIpc) is 2.97. The molecule has 0 N–H and O–H groups in total. The predicted octanol–water partition coefficient (Wildman–Crippen LogP) is 12.0. The van der Waals surface area contributed by atoms with E-state index >= 15 is 8.78 Å². The topological polar surface area (TPSA) is 9.23 Å². The fourth-order valence-electron chi connectivity index (χ4n) is 6.69. The van der Waals surface area contributed by atoms with Gasteiger partial charge in [-0.1, -0.05) is 110 Å². The van der Waals surface area contributed by atoms with Crippen LogP contribution >= 0.6 is 0 Å². The first-order valence-corrected chi connectivity index (χ1v) is 21.1. The largest absolute Gasteiger partial charge is 0.540 e. The van der Waals surface area contributed by atoms with Crippen molar-refractivity contribution in [2.45, 2.75) is 140 Å². The molecule has 41 heavy (non-hydrogen) atoms. The molecule has 0 heterocycles. The van der Waals surface area contributed by atoms with Gasteiger partial charge in [-0.25, -0.2) is 22.0 Å². The molecule has 0 saturated heterocycles. The van der Waals surface area contributed by atoms with Crippen LogP contribution in [0.15, 0.2) is 0 Å². The van der Waals surface area contributed by atoms with Gasteiger partial charge in [0.2, 0.25) is 5.82 Å². The van der Waals surface area contributed by atoms with Gasteiger partial charge in [-0.05, 0) is 30.0 Å². The monoisotopic (exact) mass is 617 g/mol. The standard InChI is InChI=1S/C32H47F6OSi2/c1-6-40(5,7-2)19-15-10-8-9-11-16-20-41(22(3)4,23-17-13-12-14-18-23)39-32-26-24(27(34)30(37)31(32)38)21-25(33)28(35)29(26)36/h22-23H,6-20H2,1-5H3. The molecular formula is C32H47F6OSi2. The van der Waals surface area contributed by atoms with Gasteiger partial charge in [0.15, 0.2) is 34.8 Å². The Labute approximate surface area is 244 Å². The Morgan fingerprint density at radius 3 is 1.85 bits per heavy atom. The van der Waals surface area contributed by atoms with Gasteiger partial charge in [-0.15, -0.1) is 0 Å². The van der Waals surface area contributed by atoms with E-state index in [1.54, 1.807) is 6.07 Å². The third kappa shape index (κ3) is 7.54. The van der Waals surface area contributed by atoms with Crippen LogP contribution in [0.4, 0.5) is 26.3 Å². The minimum atomic E-state index is -2.99. The third-order valence-corrected chi connectivity index (χ3v) is 20.6. The number of unbranched alkanes of at least 4 members (excludes halogenated alkanes) is 5. The molecule has 1 saturated carbocycles. The van der Waals surface area contributed by atoms with Crippen LogP contribution in [-0.4, -0.2) is 16.4 Å². The Morgan fingerprint density at radius 2 is 1.29 bits per heavy atom. The lowest BCUT2D eigenvalue weighted by Crippen LogP contribution is -2.50. The van der Waals surface area contributed by atoms with Gasteiger partial charge in [-0.3, -0.25) is 0 Å². The van der Waals surface area contributed by atoms with Crippen LogP contribution in [0, 0.1) is 41.0 Å². The van der Waals surface area contributed by atoms with Crippen LogP contribution in [0.2, 0.25) is 41.8 Å². The number of rotatable bonds is 15. The first-order chi connectivity index (χ1) is 19.4. The molecule has 0 bridgehead atoms. The fourth-order valence-corrected chi connectivity index (χ4v) is 14.2. The lowest BCUT2D eigenvalue weighted by atomic mass is 10.0. The highest BCUT2D eigenvalue weighted by molar-refractivity contribution is 6.78. The maximum atomic E-state index is 15.4. The second-order valence-corrected chi connectivity index (χ2v) is 22.9. The molecular weight excluding hydrogens is 571 g/mol. The molecule has 9 heteroatoms. The average molecular weight is 618 g/mol. The summed E-state index contributed by atoms with van der Waals surface area (Å²) in [6.07, 6.45) is 11.3. The van der Waals surface area contributed by atoms with Crippen molar-refractivity contribution in [1.29, 1.82) is 0 Å². The van der Waals surface area contributed by atoms with Crippen molar-refractivity contribution in [2.24, 2.45) is 0 Å². The molecule has 0 spiro atoms. The Kier molecular flexibility index (Phi) is 12.3. The lowest BCUT2D eigenvalue weighted by Gasteiger charge is -2.44. The number of hydrogen-bond acceptors (Lipinski definition) is 1. The Balaban J connectivity index is 1.86. The minimum Gasteiger partial charge on any atom is -0.540 e. The second-order valence-electron chi connectivity index (χ2n) is 12.8. The summed E-state index contributed by atoms with van der Waals surface area (Å²) in [4.78, 5) is 0. The summed E-state index contributed by atoms with van der Waals surface area (Å²) in [5, 5.41) is -1.89. The van der Waals surface area contributed by atoms with E-state index in [-0.39, 0.29) is 11.1 Å². The molecule has 3 rings (SSSR count). The zero-order valence-electron chi connectivity index (χ0n) is 25.4. The van der Waals surface area contributed by atoms with Crippen molar-refractivity contribution >= 4 is 27.2 Å². The minimum absolute atomic E-state index is 0.0452. The number of halogens is 6. The summed E-state index contributed by atoms with van der Waals surface area (Å²) in [5.41, 5.74) is 0.0677. The maximum Gasteiger partial charge on any atom is 0.256 e. The second kappa shape index (κ2) is 14.8. The summed E-state index contributed by atoms with van der Waals surface area (Å²) in [6, 6.07) is 6.40. The number of fused-ring (bicyclic) bond motifs is 1. The van der Waals surface area contributed by atoms with E-state index in [1.807, 2.05) is 13.8 Å². The first kappa shape index (κ1) is 34.0. The molecule has 1 fully saturated rings. The van der Waals surface area contributed by atoms with Crippen LogP contribution < -0.4 is 4.43 Å². The van der Waals surface area contributed by atoms with E-state index in [0.29, 0.717) is 6.04 Å². The smallest absolute Gasteiger partial charge is 0.256 e. The van der Waals surface area contributed by atoms with E-state index in [4.69, 9.17) is 4.43 Å². The summed E-state index contributed by atoms with van der Waals surface area (Å²) < 4.78 is 94.4. The summed E-state index contributed by atoms with van der Waals surface area (Å²) in [7, 11) is -4.06. The van der Waals surface area contributed by atoms with Gasteiger partial charge in [0.05, 0.1) is 5.39 Å². The highest BCUT2D eigenvalue weighted by atomic mass is 28.4. The van der Waals surface area contributed by atoms with Gasteiger partial charge in [0.25, 0.3) is 8.32 Å². The predicted molar refractivity (Wildman–Crippen MR) is 161 cm³/mol. The molecule has 1 unspecified atom stereocenters. The lowest BCUT2D eigenvalue weighted by molar-refractivity contribution is 0.383. The van der Waals surface area contributed by atoms with Crippen LogP contribution in [0.25, 0.3) is 10.8 Å². The summed E-state index contributed by atoms with van der Waals surface area (Å²) in [6.45, 7) is 11.1.